The highest BCUT2D eigenvalue weighted by Crippen LogP contribution is 2.41. The van der Waals surface area contributed by atoms with Gasteiger partial charge >= 0.3 is 0 Å². The summed E-state index contributed by atoms with van der Waals surface area (Å²) in [6, 6.07) is 17.5. The first kappa shape index (κ1) is 23.6. The zero-order valence-electron chi connectivity index (χ0n) is 19.7. The fraction of sp³-hybridized carbons (Fsp3) is 0.185. The third-order valence-corrected chi connectivity index (χ3v) is 6.19. The number of carbonyl (C=O) groups excluding carboxylic acids is 1. The Morgan fingerprint density at radius 2 is 1.92 bits per heavy atom. The summed E-state index contributed by atoms with van der Waals surface area (Å²) >= 11 is 6.45. The van der Waals surface area contributed by atoms with Crippen LogP contribution in [-0.2, 0) is 0 Å². The Hall–Kier alpha value is -4.17. The molecule has 36 heavy (non-hydrogen) atoms. The van der Waals surface area contributed by atoms with E-state index in [-0.39, 0.29) is 5.91 Å². The summed E-state index contributed by atoms with van der Waals surface area (Å²) in [5.74, 6) is 2.77. The Balaban J connectivity index is 1.23. The Bertz CT molecular complexity index is 1380. The second kappa shape index (κ2) is 10.2. The highest BCUT2D eigenvalue weighted by Gasteiger charge is 2.20. The van der Waals surface area contributed by atoms with Gasteiger partial charge in [0.25, 0.3) is 5.91 Å². The summed E-state index contributed by atoms with van der Waals surface area (Å²) in [5, 5.41) is 11.5. The number of halogens is 1. The zero-order chi connectivity index (χ0) is 25.1. The van der Waals surface area contributed by atoms with Gasteiger partial charge < -0.3 is 19.5 Å². The number of anilines is 1. The van der Waals surface area contributed by atoms with Crippen molar-refractivity contribution in [3.63, 3.8) is 0 Å². The van der Waals surface area contributed by atoms with Crippen molar-refractivity contribution < 1.29 is 19.0 Å². The van der Waals surface area contributed by atoms with Crippen LogP contribution in [0.2, 0.25) is 5.02 Å². The molecule has 3 heterocycles. The molecule has 2 aromatic carbocycles. The molecule has 1 aliphatic heterocycles. The van der Waals surface area contributed by atoms with Crippen LogP contribution >= 0.6 is 11.6 Å². The van der Waals surface area contributed by atoms with E-state index in [9.17, 15) is 4.79 Å². The van der Waals surface area contributed by atoms with E-state index < -0.39 is 0 Å². The highest BCUT2D eigenvalue weighted by molar-refractivity contribution is 6.32. The molecular formula is C27H23ClN4O4. The lowest BCUT2D eigenvalue weighted by atomic mass is 9.95. The second-order valence-electron chi connectivity index (χ2n) is 8.33. The largest absolute Gasteiger partial charge is 0.493 e. The zero-order valence-corrected chi connectivity index (χ0v) is 20.5. The lowest BCUT2D eigenvalue weighted by Gasteiger charge is -2.24. The van der Waals surface area contributed by atoms with Crippen molar-refractivity contribution in [1.29, 1.82) is 0 Å². The molecule has 0 fully saturated rings. The molecule has 0 saturated carbocycles. The van der Waals surface area contributed by atoms with Crippen LogP contribution in [0.5, 0.6) is 23.1 Å². The number of ether oxygens (including phenoxy) is 3. The van der Waals surface area contributed by atoms with E-state index in [1.165, 1.54) is 0 Å². The smallest absolute Gasteiger partial charge is 0.256 e. The third kappa shape index (κ3) is 5.08. The Morgan fingerprint density at radius 3 is 2.61 bits per heavy atom. The van der Waals surface area contributed by atoms with Crippen LogP contribution in [0.3, 0.4) is 0 Å². The van der Waals surface area contributed by atoms with Gasteiger partial charge in [0.1, 0.15) is 17.2 Å². The molecule has 0 spiro atoms. The minimum Gasteiger partial charge on any atom is -0.493 e. The van der Waals surface area contributed by atoms with Gasteiger partial charge in [-0.3, -0.25) is 4.79 Å². The average molecular weight is 503 g/mol. The van der Waals surface area contributed by atoms with Crippen LogP contribution in [0.1, 0.15) is 35.2 Å². The summed E-state index contributed by atoms with van der Waals surface area (Å²) in [6.45, 7) is 2.82. The number of carbonyl (C=O) groups is 1. The number of fused-ring (bicyclic) bond motifs is 1. The number of nitrogens with zero attached hydrogens (tertiary/aromatic N) is 3. The summed E-state index contributed by atoms with van der Waals surface area (Å²) in [5.41, 5.74) is 2.95. The molecule has 0 bridgehead atoms. The summed E-state index contributed by atoms with van der Waals surface area (Å²) in [4.78, 5) is 16.8. The van der Waals surface area contributed by atoms with Crippen molar-refractivity contribution in [2.24, 2.45) is 0 Å². The molecule has 0 saturated heterocycles. The molecular weight excluding hydrogens is 480 g/mol. The maximum Gasteiger partial charge on any atom is 0.256 e. The Morgan fingerprint density at radius 1 is 1.08 bits per heavy atom. The van der Waals surface area contributed by atoms with E-state index in [4.69, 9.17) is 25.8 Å². The summed E-state index contributed by atoms with van der Waals surface area (Å²) < 4.78 is 16.8. The van der Waals surface area contributed by atoms with E-state index in [2.05, 4.69) is 27.4 Å². The maximum absolute atomic E-state index is 12.7. The molecule has 8 nitrogen and oxygen atoms in total. The molecule has 5 rings (SSSR count). The third-order valence-electron chi connectivity index (χ3n) is 5.90. The lowest BCUT2D eigenvalue weighted by Crippen LogP contribution is -2.13. The van der Waals surface area contributed by atoms with Gasteiger partial charge in [-0.15, -0.1) is 10.2 Å². The number of pyridine rings is 1. The first-order chi connectivity index (χ1) is 17.5. The van der Waals surface area contributed by atoms with Gasteiger partial charge in [-0.1, -0.05) is 18.5 Å². The van der Waals surface area contributed by atoms with Gasteiger partial charge in [-0.25, -0.2) is 4.98 Å². The normalized spacial score (nSPS) is 14.4. The molecule has 0 radical (unpaired) electrons. The van der Waals surface area contributed by atoms with Crippen molar-refractivity contribution in [2.75, 3.05) is 19.0 Å². The number of nitrogens with one attached hydrogen (secondary N) is 1. The van der Waals surface area contributed by atoms with E-state index in [1.807, 2.05) is 18.2 Å². The number of hydrogen-bond donors (Lipinski definition) is 1. The minimum absolute atomic E-state index is 0.316. The molecule has 182 valence electrons. The van der Waals surface area contributed by atoms with Crippen molar-refractivity contribution in [1.82, 2.24) is 15.2 Å². The van der Waals surface area contributed by atoms with Crippen LogP contribution in [-0.4, -0.2) is 34.8 Å². The van der Waals surface area contributed by atoms with Gasteiger partial charge in [-0.05, 0) is 66.4 Å². The van der Waals surface area contributed by atoms with Gasteiger partial charge in [0, 0.05) is 29.5 Å². The van der Waals surface area contributed by atoms with E-state index in [0.29, 0.717) is 52.0 Å². The SMILES string of the molecule is COc1ccc(-c2ccc(NC(=O)c3ccc(Oc4cc5c(cc4Cl)C(C)CCO5)cc3)nn2)cn1. The molecule has 1 amide bonds. The number of rotatable bonds is 6. The number of aromatic nitrogens is 3. The quantitative estimate of drug-likeness (QED) is 0.338. The number of amides is 1. The predicted octanol–water partition coefficient (Wildman–Crippen LogP) is 6.13. The van der Waals surface area contributed by atoms with Gasteiger partial charge in [-0.2, -0.15) is 0 Å². The summed E-state index contributed by atoms with van der Waals surface area (Å²) in [7, 11) is 1.56. The van der Waals surface area contributed by atoms with Crippen molar-refractivity contribution in [2.45, 2.75) is 19.3 Å². The van der Waals surface area contributed by atoms with Crippen LogP contribution in [0.4, 0.5) is 5.82 Å². The van der Waals surface area contributed by atoms with E-state index >= 15 is 0 Å². The van der Waals surface area contributed by atoms with E-state index in [1.54, 1.807) is 55.8 Å². The number of hydrogen-bond acceptors (Lipinski definition) is 7. The molecule has 1 aliphatic rings. The van der Waals surface area contributed by atoms with E-state index in [0.717, 1.165) is 23.3 Å². The monoisotopic (exact) mass is 502 g/mol. The summed E-state index contributed by atoms with van der Waals surface area (Å²) in [6.07, 6.45) is 2.61. The average Bonchev–Trinajstić information content (AvgIpc) is 2.91. The molecule has 9 heteroatoms. The van der Waals surface area contributed by atoms with Crippen molar-refractivity contribution >= 4 is 23.3 Å². The first-order valence-electron chi connectivity index (χ1n) is 11.4. The number of benzene rings is 2. The van der Waals surface area contributed by atoms with Gasteiger partial charge in [0.05, 0.1) is 24.4 Å². The van der Waals surface area contributed by atoms with Gasteiger partial charge in [0.15, 0.2) is 5.82 Å². The highest BCUT2D eigenvalue weighted by atomic mass is 35.5. The fourth-order valence-corrected chi connectivity index (χ4v) is 4.05. The van der Waals surface area contributed by atoms with Crippen LogP contribution in [0.25, 0.3) is 11.3 Å². The molecule has 4 aromatic rings. The van der Waals surface area contributed by atoms with Crippen molar-refractivity contribution in [3.8, 4) is 34.4 Å². The second-order valence-corrected chi connectivity index (χ2v) is 8.74. The van der Waals surface area contributed by atoms with Crippen LogP contribution in [0, 0.1) is 0 Å². The molecule has 1 unspecified atom stereocenters. The topological polar surface area (TPSA) is 95.5 Å². The molecule has 1 atom stereocenters. The molecule has 1 N–H and O–H groups in total. The Labute approximate surface area is 213 Å². The van der Waals surface area contributed by atoms with Crippen LogP contribution in [0.15, 0.2) is 66.9 Å². The minimum atomic E-state index is -0.316. The molecule has 2 aromatic heterocycles. The Kier molecular flexibility index (Phi) is 6.69. The lowest BCUT2D eigenvalue weighted by molar-refractivity contribution is 0.102. The standard InChI is InChI=1S/C27H23ClN4O4/c1-16-11-12-35-23-14-24(21(28)13-20(16)23)36-19-6-3-17(4-7-19)27(33)30-25-9-8-22(31-32-25)18-5-10-26(34-2)29-15-18/h3-10,13-16H,11-12H2,1-2H3,(H,30,32,33). The number of methoxy groups -OCH3 is 1. The first-order valence-corrected chi connectivity index (χ1v) is 11.8. The fourth-order valence-electron chi connectivity index (χ4n) is 3.83. The van der Waals surface area contributed by atoms with Crippen molar-refractivity contribution in [3.05, 3.63) is 83.0 Å². The predicted molar refractivity (Wildman–Crippen MR) is 136 cm³/mol. The van der Waals surface area contributed by atoms with Crippen LogP contribution < -0.4 is 19.5 Å². The van der Waals surface area contributed by atoms with Gasteiger partial charge in [0.2, 0.25) is 5.88 Å². The molecule has 0 aliphatic carbocycles. The maximum atomic E-state index is 12.7.